The highest BCUT2D eigenvalue weighted by Gasteiger charge is 2.20. The maximum Gasteiger partial charge on any atom is 0.143 e. The molecule has 53 heavy (non-hydrogen) atoms. The van der Waals surface area contributed by atoms with Gasteiger partial charge in [-0.2, -0.15) is 0 Å². The molecule has 248 valence electrons. The zero-order valence-electron chi connectivity index (χ0n) is 28.7. The highest BCUT2D eigenvalue weighted by atomic mass is 32.1. The van der Waals surface area contributed by atoms with Gasteiger partial charge in [0.2, 0.25) is 0 Å². The minimum absolute atomic E-state index is 0.921. The Morgan fingerprint density at radius 1 is 0.396 bits per heavy atom. The Hall–Kier alpha value is -6.68. The average molecular weight is 694 g/mol. The molecule has 0 saturated carbocycles. The molecule has 0 saturated heterocycles. The quantitative estimate of drug-likeness (QED) is 0.178. The topological polar surface area (TPSA) is 16.4 Å². The van der Waals surface area contributed by atoms with Crippen LogP contribution >= 0.6 is 11.3 Å². The van der Waals surface area contributed by atoms with Crippen LogP contribution < -0.4 is 4.90 Å². The van der Waals surface area contributed by atoms with E-state index in [-0.39, 0.29) is 0 Å². The van der Waals surface area contributed by atoms with Crippen molar-refractivity contribution in [2.24, 2.45) is 0 Å². The van der Waals surface area contributed by atoms with Crippen LogP contribution in [0.1, 0.15) is 0 Å². The molecule has 3 heteroatoms. The summed E-state index contributed by atoms with van der Waals surface area (Å²) in [4.78, 5) is 2.42. The summed E-state index contributed by atoms with van der Waals surface area (Å²) in [6, 6.07) is 67.9. The third kappa shape index (κ3) is 4.86. The van der Waals surface area contributed by atoms with E-state index in [1.165, 1.54) is 58.5 Å². The summed E-state index contributed by atoms with van der Waals surface area (Å²) < 4.78 is 8.95. The second-order valence-electron chi connectivity index (χ2n) is 13.7. The number of hydrogen-bond acceptors (Lipinski definition) is 3. The summed E-state index contributed by atoms with van der Waals surface area (Å²) in [6.45, 7) is 0. The van der Waals surface area contributed by atoms with Crippen molar-refractivity contribution in [2.45, 2.75) is 0 Å². The molecule has 0 N–H and O–H groups in total. The monoisotopic (exact) mass is 693 g/mol. The molecule has 9 aromatic carbocycles. The highest BCUT2D eigenvalue weighted by molar-refractivity contribution is 7.26. The predicted octanol–water partition coefficient (Wildman–Crippen LogP) is 15.1. The molecule has 0 aliphatic carbocycles. The van der Waals surface area contributed by atoms with Crippen molar-refractivity contribution in [3.05, 3.63) is 188 Å². The Morgan fingerprint density at radius 3 is 1.96 bits per heavy atom. The van der Waals surface area contributed by atoms with Crippen LogP contribution in [0.25, 0.3) is 85.9 Å². The lowest BCUT2D eigenvalue weighted by Crippen LogP contribution is -2.10. The maximum atomic E-state index is 6.35. The molecule has 0 unspecified atom stereocenters. The van der Waals surface area contributed by atoms with Crippen LogP contribution in [0.3, 0.4) is 0 Å². The third-order valence-corrected chi connectivity index (χ3v) is 11.8. The average Bonchev–Trinajstić information content (AvgIpc) is 3.80. The summed E-state index contributed by atoms with van der Waals surface area (Å²) in [6.07, 6.45) is 0. The van der Waals surface area contributed by atoms with Gasteiger partial charge in [0.05, 0.1) is 5.69 Å². The molecule has 0 aliphatic rings. The molecule has 0 amide bonds. The molecule has 2 heterocycles. The standard InChI is InChI=1S/C50H31NOS/c1-2-13-37(14-3-1)51(38-27-25-32-11-4-5-12-35(32)29-38)46-31-45-42-28-26-36(30-48(42)53-50(45)44-17-7-6-15-40(44)46)33-21-23-34(24-22-33)39-18-10-19-43-41-16-8-9-20-47(41)52-49(39)43/h1-31H. The number of para-hydroxylation sites is 3. The first-order valence-corrected chi connectivity index (χ1v) is 18.8. The summed E-state index contributed by atoms with van der Waals surface area (Å²) in [7, 11) is 0. The van der Waals surface area contributed by atoms with Gasteiger partial charge in [0.15, 0.2) is 0 Å². The summed E-state index contributed by atoms with van der Waals surface area (Å²) >= 11 is 1.89. The van der Waals surface area contributed by atoms with Gasteiger partial charge < -0.3 is 9.32 Å². The fraction of sp³-hybridized carbons (Fsp3) is 0. The Kier molecular flexibility index (Phi) is 6.76. The fourth-order valence-electron chi connectivity index (χ4n) is 8.08. The number of furan rings is 1. The molecular formula is C50H31NOS. The van der Waals surface area contributed by atoms with E-state index in [4.69, 9.17) is 4.42 Å². The zero-order chi connectivity index (χ0) is 34.9. The lowest BCUT2D eigenvalue weighted by atomic mass is 9.98. The van der Waals surface area contributed by atoms with Crippen LogP contribution in [0, 0.1) is 0 Å². The maximum absolute atomic E-state index is 6.35. The van der Waals surface area contributed by atoms with Crippen molar-refractivity contribution >= 4 is 92.1 Å². The van der Waals surface area contributed by atoms with E-state index in [1.807, 2.05) is 23.5 Å². The molecule has 11 rings (SSSR count). The van der Waals surface area contributed by atoms with Crippen molar-refractivity contribution in [1.29, 1.82) is 0 Å². The number of fused-ring (bicyclic) bond motifs is 9. The van der Waals surface area contributed by atoms with Gasteiger partial charge in [0, 0.05) is 58.7 Å². The Morgan fingerprint density at radius 2 is 1.09 bits per heavy atom. The van der Waals surface area contributed by atoms with Crippen molar-refractivity contribution in [1.82, 2.24) is 0 Å². The minimum atomic E-state index is 0.921. The number of nitrogens with zero attached hydrogens (tertiary/aromatic N) is 1. The van der Waals surface area contributed by atoms with E-state index < -0.39 is 0 Å². The molecular weight excluding hydrogens is 663 g/mol. The van der Waals surface area contributed by atoms with Crippen LogP contribution in [0.5, 0.6) is 0 Å². The number of anilines is 3. The largest absolute Gasteiger partial charge is 0.455 e. The van der Waals surface area contributed by atoms with Gasteiger partial charge >= 0.3 is 0 Å². The van der Waals surface area contributed by atoms with E-state index in [2.05, 4.69) is 181 Å². The lowest BCUT2D eigenvalue weighted by Gasteiger charge is -2.27. The first-order valence-electron chi connectivity index (χ1n) is 18.0. The SMILES string of the molecule is c1ccc(N(c2ccc3ccccc3c2)c2cc3c4ccc(-c5ccc(-c6cccc7c6oc6ccccc67)cc5)cc4sc3c3ccccc23)cc1. The molecule has 2 aromatic heterocycles. The fourth-order valence-corrected chi connectivity index (χ4v) is 9.34. The van der Waals surface area contributed by atoms with Gasteiger partial charge in [0.25, 0.3) is 0 Å². The van der Waals surface area contributed by atoms with Crippen LogP contribution in [0.15, 0.2) is 192 Å². The van der Waals surface area contributed by atoms with E-state index in [9.17, 15) is 0 Å². The zero-order valence-corrected chi connectivity index (χ0v) is 29.5. The van der Waals surface area contributed by atoms with Gasteiger partial charge in [-0.25, -0.2) is 0 Å². The van der Waals surface area contributed by atoms with Gasteiger partial charge in [-0.05, 0) is 69.9 Å². The van der Waals surface area contributed by atoms with Gasteiger partial charge in [-0.1, -0.05) is 146 Å². The van der Waals surface area contributed by atoms with Crippen LogP contribution in [0.4, 0.5) is 17.1 Å². The number of benzene rings is 9. The van der Waals surface area contributed by atoms with E-state index >= 15 is 0 Å². The van der Waals surface area contributed by atoms with Crippen LogP contribution in [-0.2, 0) is 0 Å². The Balaban J connectivity index is 1.04. The van der Waals surface area contributed by atoms with Crippen LogP contribution in [0.2, 0.25) is 0 Å². The molecule has 0 radical (unpaired) electrons. The van der Waals surface area contributed by atoms with Crippen LogP contribution in [-0.4, -0.2) is 0 Å². The molecule has 0 bridgehead atoms. The second kappa shape index (κ2) is 11.9. The minimum Gasteiger partial charge on any atom is -0.455 e. The molecule has 0 spiro atoms. The Bertz CT molecular complexity index is 3170. The first-order chi connectivity index (χ1) is 26.3. The third-order valence-electron chi connectivity index (χ3n) is 10.6. The molecule has 0 fully saturated rings. The lowest BCUT2D eigenvalue weighted by molar-refractivity contribution is 0.670. The molecule has 0 atom stereocenters. The summed E-state index contributed by atoms with van der Waals surface area (Å²) in [5.74, 6) is 0. The highest BCUT2D eigenvalue weighted by Crippen LogP contribution is 2.47. The number of hydrogen-bond donors (Lipinski definition) is 0. The molecule has 11 aromatic rings. The van der Waals surface area contributed by atoms with Gasteiger partial charge in [-0.3, -0.25) is 0 Å². The Labute approximate surface area is 310 Å². The van der Waals surface area contributed by atoms with E-state index in [0.29, 0.717) is 0 Å². The van der Waals surface area contributed by atoms with Crippen molar-refractivity contribution in [3.8, 4) is 22.3 Å². The smallest absolute Gasteiger partial charge is 0.143 e. The van der Waals surface area contributed by atoms with Crippen molar-refractivity contribution < 1.29 is 4.42 Å². The first kappa shape index (κ1) is 30.0. The second-order valence-corrected chi connectivity index (χ2v) is 14.7. The van der Waals surface area contributed by atoms with Gasteiger partial charge in [-0.15, -0.1) is 11.3 Å². The normalized spacial score (nSPS) is 11.8. The van der Waals surface area contributed by atoms with Crippen molar-refractivity contribution in [3.63, 3.8) is 0 Å². The van der Waals surface area contributed by atoms with E-state index in [1.54, 1.807) is 0 Å². The molecule has 0 aliphatic heterocycles. The number of rotatable bonds is 5. The number of thiophene rings is 1. The molecule has 2 nitrogen and oxygen atoms in total. The summed E-state index contributed by atoms with van der Waals surface area (Å²) in [5.41, 5.74) is 9.97. The van der Waals surface area contributed by atoms with Crippen molar-refractivity contribution in [2.75, 3.05) is 4.90 Å². The van der Waals surface area contributed by atoms with Gasteiger partial charge in [0.1, 0.15) is 11.2 Å². The summed E-state index contributed by atoms with van der Waals surface area (Å²) in [5, 5.41) is 9.83. The predicted molar refractivity (Wildman–Crippen MR) is 227 cm³/mol. The van der Waals surface area contributed by atoms with E-state index in [0.717, 1.165) is 44.4 Å².